The van der Waals surface area contributed by atoms with E-state index in [4.69, 9.17) is 5.73 Å². The maximum absolute atomic E-state index is 12.1. The van der Waals surface area contributed by atoms with Gasteiger partial charge in [0.2, 0.25) is 5.60 Å². The Kier molecular flexibility index (Phi) is 4.65. The van der Waals surface area contributed by atoms with Crippen molar-refractivity contribution in [1.82, 2.24) is 14.7 Å². The predicted octanol–water partition coefficient (Wildman–Crippen LogP) is 0.286. The SMILES string of the molecule is CN1CC[C@@](O)(C#Cc2cccc(-n3nc(C(N)=O)c4c3CCC[C@@H]4O)c2)C1=O. The summed E-state index contributed by atoms with van der Waals surface area (Å²) in [5.41, 5.74) is 6.39. The van der Waals surface area contributed by atoms with Crippen LogP contribution in [0.5, 0.6) is 0 Å². The van der Waals surface area contributed by atoms with Crippen LogP contribution in [0.2, 0.25) is 0 Å². The number of rotatable bonds is 2. The molecule has 1 fully saturated rings. The van der Waals surface area contributed by atoms with Crippen molar-refractivity contribution in [2.24, 2.45) is 5.73 Å². The van der Waals surface area contributed by atoms with E-state index in [1.165, 1.54) is 4.90 Å². The molecule has 8 heteroatoms. The molecule has 1 saturated heterocycles. The van der Waals surface area contributed by atoms with Crippen LogP contribution in [0.25, 0.3) is 5.69 Å². The summed E-state index contributed by atoms with van der Waals surface area (Å²) in [4.78, 5) is 25.4. The standard InChI is InChI=1S/C21H22N4O4/c1-24-11-10-21(29,20(24)28)9-8-13-4-2-5-14(12-13)25-15-6-3-7-16(26)17(15)18(23-25)19(22)27/h2,4-5,12,16,26,29H,3,6-7,10-11H2,1H3,(H2,22,27)/t16-,21-/m0/s1. The summed E-state index contributed by atoms with van der Waals surface area (Å²) in [5, 5.41) is 25.2. The van der Waals surface area contributed by atoms with Gasteiger partial charge < -0.3 is 20.8 Å². The Hall–Kier alpha value is -3.15. The molecule has 0 spiro atoms. The number of hydrogen-bond acceptors (Lipinski definition) is 5. The molecule has 0 bridgehead atoms. The Morgan fingerprint density at radius 1 is 1.41 bits per heavy atom. The number of benzene rings is 1. The molecule has 2 atom stereocenters. The van der Waals surface area contributed by atoms with Gasteiger partial charge in [-0.15, -0.1) is 0 Å². The molecule has 150 valence electrons. The van der Waals surface area contributed by atoms with E-state index in [2.05, 4.69) is 16.9 Å². The molecule has 2 aromatic rings. The Morgan fingerprint density at radius 3 is 2.90 bits per heavy atom. The normalized spacial score (nSPS) is 23.5. The van der Waals surface area contributed by atoms with Crippen LogP contribution in [0, 0.1) is 11.8 Å². The molecule has 8 nitrogen and oxygen atoms in total. The lowest BCUT2D eigenvalue weighted by molar-refractivity contribution is -0.137. The first-order valence-electron chi connectivity index (χ1n) is 9.51. The average Bonchev–Trinajstić information content (AvgIpc) is 3.22. The monoisotopic (exact) mass is 394 g/mol. The number of primary amides is 1. The van der Waals surface area contributed by atoms with Crippen molar-refractivity contribution in [2.45, 2.75) is 37.4 Å². The fourth-order valence-corrected chi connectivity index (χ4v) is 3.92. The van der Waals surface area contributed by atoms with Crippen molar-refractivity contribution in [3.05, 3.63) is 46.8 Å². The van der Waals surface area contributed by atoms with E-state index >= 15 is 0 Å². The van der Waals surface area contributed by atoms with Crippen LogP contribution in [-0.2, 0) is 11.2 Å². The van der Waals surface area contributed by atoms with Gasteiger partial charge >= 0.3 is 0 Å². The fourth-order valence-electron chi connectivity index (χ4n) is 3.92. The summed E-state index contributed by atoms with van der Waals surface area (Å²) in [6.45, 7) is 0.460. The van der Waals surface area contributed by atoms with Crippen molar-refractivity contribution in [3.63, 3.8) is 0 Å². The molecule has 1 aliphatic heterocycles. The zero-order valence-corrected chi connectivity index (χ0v) is 16.1. The molecule has 4 N–H and O–H groups in total. The van der Waals surface area contributed by atoms with Gasteiger partial charge in [-0.1, -0.05) is 17.9 Å². The largest absolute Gasteiger partial charge is 0.388 e. The van der Waals surface area contributed by atoms with Crippen LogP contribution in [0.15, 0.2) is 24.3 Å². The van der Waals surface area contributed by atoms with E-state index in [0.717, 1.165) is 12.1 Å². The molecule has 1 aromatic heterocycles. The van der Waals surface area contributed by atoms with Crippen LogP contribution in [-0.4, -0.2) is 55.9 Å². The lowest BCUT2D eigenvalue weighted by atomic mass is 9.92. The van der Waals surface area contributed by atoms with Crippen molar-refractivity contribution >= 4 is 11.8 Å². The number of nitrogens with two attached hydrogens (primary N) is 1. The molecule has 2 aliphatic rings. The summed E-state index contributed by atoms with van der Waals surface area (Å²) in [6.07, 6.45) is 1.51. The maximum atomic E-state index is 12.1. The third kappa shape index (κ3) is 3.28. The summed E-state index contributed by atoms with van der Waals surface area (Å²) in [5.74, 6) is 4.50. The van der Waals surface area contributed by atoms with Crippen LogP contribution in [0.4, 0.5) is 0 Å². The Morgan fingerprint density at radius 2 is 2.21 bits per heavy atom. The van der Waals surface area contributed by atoms with Gasteiger partial charge in [-0.25, -0.2) is 4.68 Å². The van der Waals surface area contributed by atoms with Crippen molar-refractivity contribution in [3.8, 4) is 17.5 Å². The zero-order valence-electron chi connectivity index (χ0n) is 16.1. The molecule has 2 heterocycles. The van der Waals surface area contributed by atoms with E-state index in [1.807, 2.05) is 6.07 Å². The second kappa shape index (κ2) is 7.03. The Bertz CT molecular complexity index is 1060. The Labute approximate surface area is 167 Å². The first-order valence-corrected chi connectivity index (χ1v) is 9.51. The number of amides is 2. The molecule has 0 radical (unpaired) electrons. The molecule has 4 rings (SSSR count). The minimum Gasteiger partial charge on any atom is -0.388 e. The molecule has 1 aromatic carbocycles. The van der Waals surface area contributed by atoms with Gasteiger partial charge in [-0.2, -0.15) is 5.10 Å². The summed E-state index contributed by atoms with van der Waals surface area (Å²) in [7, 11) is 1.63. The predicted molar refractivity (Wildman–Crippen MR) is 104 cm³/mol. The maximum Gasteiger partial charge on any atom is 0.269 e. The van der Waals surface area contributed by atoms with Crippen LogP contribution in [0.3, 0.4) is 0 Å². The van der Waals surface area contributed by atoms with Gasteiger partial charge in [0.1, 0.15) is 0 Å². The van der Waals surface area contributed by atoms with E-state index in [9.17, 15) is 19.8 Å². The van der Waals surface area contributed by atoms with Gasteiger partial charge in [0.15, 0.2) is 5.69 Å². The number of likely N-dealkylation sites (tertiary alicyclic amines) is 1. The third-order valence-electron chi connectivity index (χ3n) is 5.49. The van der Waals surface area contributed by atoms with E-state index in [1.54, 1.807) is 29.9 Å². The van der Waals surface area contributed by atoms with Gasteiger partial charge in [0.25, 0.3) is 11.8 Å². The summed E-state index contributed by atoms with van der Waals surface area (Å²) < 4.78 is 1.62. The number of aromatic nitrogens is 2. The highest BCUT2D eigenvalue weighted by Crippen LogP contribution is 2.33. The molecular formula is C21H22N4O4. The number of hydrogen-bond donors (Lipinski definition) is 3. The molecule has 29 heavy (non-hydrogen) atoms. The van der Waals surface area contributed by atoms with Gasteiger partial charge in [0.05, 0.1) is 17.5 Å². The Balaban J connectivity index is 1.73. The topological polar surface area (TPSA) is 122 Å². The quantitative estimate of drug-likeness (QED) is 0.632. The molecule has 1 aliphatic carbocycles. The molecular weight excluding hydrogens is 372 g/mol. The number of nitrogens with zero attached hydrogens (tertiary/aromatic N) is 3. The number of carbonyl (C=O) groups is 2. The minimum absolute atomic E-state index is 0.0811. The number of likely N-dealkylation sites (N-methyl/N-ethyl adjacent to an activating group) is 1. The highest BCUT2D eigenvalue weighted by molar-refractivity contribution is 5.93. The lowest BCUT2D eigenvalue weighted by Crippen LogP contribution is -2.37. The van der Waals surface area contributed by atoms with E-state index < -0.39 is 23.5 Å². The van der Waals surface area contributed by atoms with Gasteiger partial charge in [-0.05, 0) is 37.5 Å². The van der Waals surface area contributed by atoms with E-state index in [-0.39, 0.29) is 12.1 Å². The molecule has 0 saturated carbocycles. The average molecular weight is 394 g/mol. The first kappa shape index (κ1) is 19.2. The van der Waals surface area contributed by atoms with Gasteiger partial charge in [-0.3, -0.25) is 9.59 Å². The van der Waals surface area contributed by atoms with Crippen molar-refractivity contribution in [1.29, 1.82) is 0 Å². The number of aliphatic hydroxyl groups is 2. The first-order chi connectivity index (χ1) is 13.8. The molecule has 2 amide bonds. The third-order valence-corrected chi connectivity index (χ3v) is 5.49. The smallest absolute Gasteiger partial charge is 0.269 e. The van der Waals surface area contributed by atoms with Crippen LogP contribution in [0.1, 0.15) is 52.7 Å². The lowest BCUT2D eigenvalue weighted by Gasteiger charge is -2.19. The van der Waals surface area contributed by atoms with Crippen molar-refractivity contribution in [2.75, 3.05) is 13.6 Å². The molecule has 0 unspecified atom stereocenters. The summed E-state index contributed by atoms with van der Waals surface area (Å²) in [6, 6.07) is 7.12. The van der Waals surface area contributed by atoms with Crippen LogP contribution < -0.4 is 5.73 Å². The van der Waals surface area contributed by atoms with Crippen LogP contribution >= 0.6 is 0 Å². The van der Waals surface area contributed by atoms with Crippen molar-refractivity contribution < 1.29 is 19.8 Å². The zero-order chi connectivity index (χ0) is 20.8. The number of carbonyl (C=O) groups excluding carboxylic acids is 2. The number of fused-ring (bicyclic) bond motifs is 1. The number of aliphatic hydroxyl groups excluding tert-OH is 1. The minimum atomic E-state index is -1.67. The second-order valence-electron chi connectivity index (χ2n) is 7.53. The summed E-state index contributed by atoms with van der Waals surface area (Å²) >= 11 is 0. The van der Waals surface area contributed by atoms with E-state index in [0.29, 0.717) is 36.2 Å². The second-order valence-corrected chi connectivity index (χ2v) is 7.53. The van der Waals surface area contributed by atoms with Gasteiger partial charge in [0, 0.05) is 31.1 Å². The fraction of sp³-hybridized carbons (Fsp3) is 0.381. The highest BCUT2D eigenvalue weighted by atomic mass is 16.3. The highest BCUT2D eigenvalue weighted by Gasteiger charge is 2.42.